The summed E-state index contributed by atoms with van der Waals surface area (Å²) >= 11 is 0. The molecule has 18 heavy (non-hydrogen) atoms. The zero-order chi connectivity index (χ0) is 13.4. The highest BCUT2D eigenvalue weighted by Gasteiger charge is 2.08. The third-order valence-corrected chi connectivity index (χ3v) is 2.64. The summed E-state index contributed by atoms with van der Waals surface area (Å²) in [6.07, 6.45) is 0. The third-order valence-electron chi connectivity index (χ3n) is 2.64. The minimum Gasteiger partial charge on any atom is -0.493 e. The number of hydrogen-bond donors (Lipinski definition) is 2. The van der Waals surface area contributed by atoms with Gasteiger partial charge in [-0.3, -0.25) is 0 Å². The Kier molecular flexibility index (Phi) is 6.54. The Balaban J connectivity index is 2.71. The summed E-state index contributed by atoms with van der Waals surface area (Å²) in [5, 5.41) is 12.3. The fourth-order valence-corrected chi connectivity index (χ4v) is 1.50. The molecule has 1 aromatic carbocycles. The summed E-state index contributed by atoms with van der Waals surface area (Å²) in [5.41, 5.74) is 1.16. The van der Waals surface area contributed by atoms with Gasteiger partial charge in [-0.1, -0.05) is 19.9 Å². The summed E-state index contributed by atoms with van der Waals surface area (Å²) in [7, 11) is 1.63. The van der Waals surface area contributed by atoms with Gasteiger partial charge in [-0.2, -0.15) is 0 Å². The molecule has 102 valence electrons. The Morgan fingerprint density at radius 2 is 2.11 bits per heavy atom. The predicted octanol–water partition coefficient (Wildman–Crippen LogP) is 1.81. The standard InChI is InChI=1S/C14H23NO3/c1-4-15-8-12-5-6-13(17-3)14(7-12)18-10-11(2)9-16/h5-7,11,15-16H,4,8-10H2,1-3H3. The van der Waals surface area contributed by atoms with Gasteiger partial charge in [0.05, 0.1) is 13.7 Å². The van der Waals surface area contributed by atoms with Crippen LogP contribution in [0.2, 0.25) is 0 Å². The molecular weight excluding hydrogens is 230 g/mol. The number of aliphatic hydroxyl groups excluding tert-OH is 1. The van der Waals surface area contributed by atoms with E-state index in [-0.39, 0.29) is 12.5 Å². The van der Waals surface area contributed by atoms with Crippen LogP contribution in [-0.2, 0) is 6.54 Å². The maximum atomic E-state index is 8.99. The number of nitrogens with one attached hydrogen (secondary N) is 1. The second-order valence-electron chi connectivity index (χ2n) is 4.36. The Bertz CT molecular complexity index is 355. The van der Waals surface area contributed by atoms with Gasteiger partial charge in [0.2, 0.25) is 0 Å². The summed E-state index contributed by atoms with van der Waals surface area (Å²) in [6.45, 7) is 6.37. The van der Waals surface area contributed by atoms with Crippen molar-refractivity contribution < 1.29 is 14.6 Å². The third kappa shape index (κ3) is 4.55. The Morgan fingerprint density at radius 1 is 1.33 bits per heavy atom. The van der Waals surface area contributed by atoms with E-state index in [1.165, 1.54) is 0 Å². The fourth-order valence-electron chi connectivity index (χ4n) is 1.50. The first-order valence-electron chi connectivity index (χ1n) is 6.32. The molecule has 0 bridgehead atoms. The van der Waals surface area contributed by atoms with Gasteiger partial charge in [-0.15, -0.1) is 0 Å². The van der Waals surface area contributed by atoms with Crippen molar-refractivity contribution in [1.82, 2.24) is 5.32 Å². The van der Waals surface area contributed by atoms with E-state index in [4.69, 9.17) is 14.6 Å². The van der Waals surface area contributed by atoms with E-state index in [1.807, 2.05) is 25.1 Å². The molecule has 1 atom stereocenters. The molecule has 0 aromatic heterocycles. The monoisotopic (exact) mass is 253 g/mol. The maximum absolute atomic E-state index is 8.99. The number of methoxy groups -OCH3 is 1. The van der Waals surface area contributed by atoms with Crippen molar-refractivity contribution in [2.24, 2.45) is 5.92 Å². The summed E-state index contributed by atoms with van der Waals surface area (Å²) < 4.78 is 11.0. The molecular formula is C14H23NO3. The second kappa shape index (κ2) is 7.95. The number of aliphatic hydroxyl groups is 1. The number of rotatable bonds is 8. The van der Waals surface area contributed by atoms with Crippen LogP contribution >= 0.6 is 0 Å². The molecule has 0 radical (unpaired) electrons. The van der Waals surface area contributed by atoms with Crippen molar-refractivity contribution in [1.29, 1.82) is 0 Å². The van der Waals surface area contributed by atoms with Gasteiger partial charge in [-0.25, -0.2) is 0 Å². The van der Waals surface area contributed by atoms with E-state index in [0.717, 1.165) is 30.2 Å². The molecule has 1 unspecified atom stereocenters. The van der Waals surface area contributed by atoms with Gasteiger partial charge in [-0.05, 0) is 24.2 Å². The molecule has 0 heterocycles. The van der Waals surface area contributed by atoms with Crippen molar-refractivity contribution in [2.45, 2.75) is 20.4 Å². The van der Waals surface area contributed by atoms with Crippen molar-refractivity contribution in [2.75, 3.05) is 26.9 Å². The van der Waals surface area contributed by atoms with E-state index in [2.05, 4.69) is 12.2 Å². The number of benzene rings is 1. The molecule has 4 heteroatoms. The number of hydrogen-bond acceptors (Lipinski definition) is 4. The average molecular weight is 253 g/mol. The fraction of sp³-hybridized carbons (Fsp3) is 0.571. The van der Waals surface area contributed by atoms with Crippen LogP contribution in [0.4, 0.5) is 0 Å². The summed E-state index contributed by atoms with van der Waals surface area (Å²) in [6, 6.07) is 5.90. The Labute approximate surface area is 109 Å². The first kappa shape index (κ1) is 14.8. The molecule has 0 fully saturated rings. The maximum Gasteiger partial charge on any atom is 0.161 e. The molecule has 0 aliphatic carbocycles. The van der Waals surface area contributed by atoms with Gasteiger partial charge in [0, 0.05) is 19.1 Å². The van der Waals surface area contributed by atoms with Crippen LogP contribution in [0.15, 0.2) is 18.2 Å². The van der Waals surface area contributed by atoms with Crippen LogP contribution in [-0.4, -0.2) is 32.0 Å². The van der Waals surface area contributed by atoms with Crippen LogP contribution in [0.5, 0.6) is 11.5 Å². The van der Waals surface area contributed by atoms with E-state index < -0.39 is 0 Å². The Morgan fingerprint density at radius 3 is 2.72 bits per heavy atom. The first-order valence-corrected chi connectivity index (χ1v) is 6.32. The molecule has 0 spiro atoms. The van der Waals surface area contributed by atoms with Gasteiger partial charge >= 0.3 is 0 Å². The van der Waals surface area contributed by atoms with Crippen LogP contribution in [0, 0.1) is 5.92 Å². The van der Waals surface area contributed by atoms with Crippen molar-refractivity contribution in [3.05, 3.63) is 23.8 Å². The highest BCUT2D eigenvalue weighted by atomic mass is 16.5. The van der Waals surface area contributed by atoms with E-state index in [1.54, 1.807) is 7.11 Å². The largest absolute Gasteiger partial charge is 0.493 e. The van der Waals surface area contributed by atoms with E-state index in [9.17, 15) is 0 Å². The summed E-state index contributed by atoms with van der Waals surface area (Å²) in [4.78, 5) is 0. The first-order chi connectivity index (χ1) is 8.71. The average Bonchev–Trinajstić information content (AvgIpc) is 2.42. The molecule has 1 rings (SSSR count). The molecule has 4 nitrogen and oxygen atoms in total. The molecule has 0 saturated heterocycles. The lowest BCUT2D eigenvalue weighted by molar-refractivity contribution is 0.171. The van der Waals surface area contributed by atoms with Crippen LogP contribution < -0.4 is 14.8 Å². The van der Waals surface area contributed by atoms with E-state index >= 15 is 0 Å². The highest BCUT2D eigenvalue weighted by molar-refractivity contribution is 5.42. The molecule has 0 saturated carbocycles. The van der Waals surface area contributed by atoms with Crippen molar-refractivity contribution in [3.8, 4) is 11.5 Å². The second-order valence-corrected chi connectivity index (χ2v) is 4.36. The Hall–Kier alpha value is -1.26. The predicted molar refractivity (Wildman–Crippen MR) is 72.1 cm³/mol. The smallest absolute Gasteiger partial charge is 0.161 e. The van der Waals surface area contributed by atoms with E-state index in [0.29, 0.717) is 6.61 Å². The molecule has 0 aliphatic heterocycles. The minimum absolute atomic E-state index is 0.118. The summed E-state index contributed by atoms with van der Waals surface area (Å²) in [5.74, 6) is 1.57. The quantitative estimate of drug-likeness (QED) is 0.742. The lowest BCUT2D eigenvalue weighted by Gasteiger charge is -2.14. The molecule has 0 aliphatic rings. The molecule has 0 amide bonds. The van der Waals surface area contributed by atoms with Gasteiger partial charge in [0.25, 0.3) is 0 Å². The van der Waals surface area contributed by atoms with Gasteiger partial charge < -0.3 is 19.9 Å². The molecule has 1 aromatic rings. The van der Waals surface area contributed by atoms with Crippen molar-refractivity contribution >= 4 is 0 Å². The zero-order valence-electron chi connectivity index (χ0n) is 11.4. The lowest BCUT2D eigenvalue weighted by Crippen LogP contribution is -2.14. The van der Waals surface area contributed by atoms with Gasteiger partial charge in [0.15, 0.2) is 11.5 Å². The van der Waals surface area contributed by atoms with Crippen LogP contribution in [0.1, 0.15) is 19.4 Å². The zero-order valence-corrected chi connectivity index (χ0v) is 11.4. The minimum atomic E-state index is 0.118. The SMILES string of the molecule is CCNCc1ccc(OC)c(OCC(C)CO)c1. The van der Waals surface area contributed by atoms with Crippen molar-refractivity contribution in [3.63, 3.8) is 0 Å². The lowest BCUT2D eigenvalue weighted by atomic mass is 10.2. The topological polar surface area (TPSA) is 50.7 Å². The van der Waals surface area contributed by atoms with Gasteiger partial charge in [0.1, 0.15) is 0 Å². The normalized spacial score (nSPS) is 12.2. The number of ether oxygens (including phenoxy) is 2. The highest BCUT2D eigenvalue weighted by Crippen LogP contribution is 2.28. The van der Waals surface area contributed by atoms with Crippen LogP contribution in [0.25, 0.3) is 0 Å². The molecule has 2 N–H and O–H groups in total. The van der Waals surface area contributed by atoms with Crippen LogP contribution in [0.3, 0.4) is 0 Å².